The quantitative estimate of drug-likeness (QED) is 0.355. The Morgan fingerprint density at radius 1 is 1.05 bits per heavy atom. The standard InChI is InChI=1S/C29H25N9O2/c1-17-21(14-30)25(36-28(31)34-17)37-13-7-12-23(37)26-35-22-11-6-10-20(18-15-32-29(40-2)33-16-18)24(22)27(39)38(26)19-8-4-3-5-9-19/h3-6,8-11,15-16,23H,7,12-13H2,1-2H3,(H2,31,34,36)/t23-/m0/s1. The lowest BCUT2D eigenvalue weighted by Crippen LogP contribution is -2.32. The number of fused-ring (bicyclic) bond motifs is 1. The molecule has 1 atom stereocenters. The molecule has 4 heterocycles. The average Bonchev–Trinajstić information content (AvgIpc) is 3.47. The first-order valence-electron chi connectivity index (χ1n) is 12.8. The van der Waals surface area contributed by atoms with E-state index in [0.717, 1.165) is 6.42 Å². The van der Waals surface area contributed by atoms with Crippen molar-refractivity contribution in [1.82, 2.24) is 29.5 Å². The van der Waals surface area contributed by atoms with Crippen LogP contribution in [-0.4, -0.2) is 43.1 Å². The maximum Gasteiger partial charge on any atom is 0.316 e. The number of nitrogens with two attached hydrogens (primary N) is 1. The summed E-state index contributed by atoms with van der Waals surface area (Å²) < 4.78 is 6.76. The number of nitriles is 1. The highest BCUT2D eigenvalue weighted by Crippen LogP contribution is 2.38. The van der Waals surface area contributed by atoms with Crippen LogP contribution in [0, 0.1) is 18.3 Å². The van der Waals surface area contributed by atoms with E-state index in [1.54, 1.807) is 23.9 Å². The Hall–Kier alpha value is -5.37. The van der Waals surface area contributed by atoms with E-state index < -0.39 is 0 Å². The van der Waals surface area contributed by atoms with Gasteiger partial charge in [-0.2, -0.15) is 10.2 Å². The van der Waals surface area contributed by atoms with Crippen molar-refractivity contribution in [3.05, 3.63) is 88.4 Å². The molecule has 6 rings (SSSR count). The van der Waals surface area contributed by atoms with Gasteiger partial charge in [-0.3, -0.25) is 9.36 Å². The van der Waals surface area contributed by atoms with Gasteiger partial charge in [-0.05, 0) is 43.5 Å². The van der Waals surface area contributed by atoms with E-state index >= 15 is 0 Å². The molecule has 40 heavy (non-hydrogen) atoms. The molecule has 5 aromatic rings. The third-order valence-corrected chi connectivity index (χ3v) is 7.08. The Morgan fingerprint density at radius 3 is 2.55 bits per heavy atom. The number of methoxy groups -OCH3 is 1. The van der Waals surface area contributed by atoms with Crippen molar-refractivity contribution in [2.24, 2.45) is 0 Å². The van der Waals surface area contributed by atoms with Gasteiger partial charge in [0.2, 0.25) is 5.95 Å². The molecule has 1 fully saturated rings. The van der Waals surface area contributed by atoms with E-state index in [1.807, 2.05) is 53.4 Å². The van der Waals surface area contributed by atoms with E-state index in [0.29, 0.717) is 63.6 Å². The van der Waals surface area contributed by atoms with Crippen LogP contribution in [0.1, 0.15) is 36.0 Å². The van der Waals surface area contributed by atoms with Crippen LogP contribution < -0.4 is 20.9 Å². The van der Waals surface area contributed by atoms with Gasteiger partial charge in [-0.1, -0.05) is 30.3 Å². The van der Waals surface area contributed by atoms with Crippen LogP contribution in [0.25, 0.3) is 27.7 Å². The van der Waals surface area contributed by atoms with Crippen LogP contribution >= 0.6 is 0 Å². The molecule has 0 spiro atoms. The predicted octanol–water partition coefficient (Wildman–Crippen LogP) is 3.75. The largest absolute Gasteiger partial charge is 0.467 e. The Morgan fingerprint density at radius 2 is 1.82 bits per heavy atom. The Kier molecular flexibility index (Phi) is 6.28. The number of nitrogen functional groups attached to an aromatic ring is 1. The van der Waals surface area contributed by atoms with Crippen molar-refractivity contribution >= 4 is 22.7 Å². The summed E-state index contributed by atoms with van der Waals surface area (Å²) in [5.41, 5.74) is 9.22. The number of hydrogen-bond donors (Lipinski definition) is 1. The SMILES string of the molecule is COc1ncc(-c2cccc3nc([C@@H]4CCCN4c4nc(N)nc(C)c4C#N)n(-c4ccccc4)c(=O)c23)cn1. The van der Waals surface area contributed by atoms with Crippen molar-refractivity contribution in [2.75, 3.05) is 24.3 Å². The molecule has 1 aliphatic rings. The van der Waals surface area contributed by atoms with E-state index in [9.17, 15) is 10.1 Å². The lowest BCUT2D eigenvalue weighted by molar-refractivity contribution is 0.380. The van der Waals surface area contributed by atoms with Crippen LogP contribution in [0.4, 0.5) is 11.8 Å². The number of hydrogen-bond acceptors (Lipinski definition) is 10. The molecule has 0 radical (unpaired) electrons. The fourth-order valence-electron chi connectivity index (χ4n) is 5.31. The van der Waals surface area contributed by atoms with Gasteiger partial charge in [0.25, 0.3) is 5.56 Å². The van der Waals surface area contributed by atoms with Crippen molar-refractivity contribution in [3.8, 4) is 28.9 Å². The summed E-state index contributed by atoms with van der Waals surface area (Å²) in [6.07, 6.45) is 4.80. The minimum absolute atomic E-state index is 0.0930. The fraction of sp³-hybridized carbons (Fsp3) is 0.207. The number of anilines is 2. The lowest BCUT2D eigenvalue weighted by Gasteiger charge is -2.28. The van der Waals surface area contributed by atoms with E-state index in [-0.39, 0.29) is 23.6 Å². The van der Waals surface area contributed by atoms with Gasteiger partial charge in [0.05, 0.1) is 35.4 Å². The van der Waals surface area contributed by atoms with Gasteiger partial charge >= 0.3 is 6.01 Å². The molecular formula is C29H25N9O2. The number of aromatic nitrogens is 6. The van der Waals surface area contributed by atoms with Gasteiger partial charge in [0, 0.05) is 24.5 Å². The number of nitrogens with zero attached hydrogens (tertiary/aromatic N) is 8. The molecule has 198 valence electrons. The summed E-state index contributed by atoms with van der Waals surface area (Å²) in [4.78, 5) is 38.6. The first kappa shape index (κ1) is 24.9. The molecular weight excluding hydrogens is 506 g/mol. The molecule has 1 saturated heterocycles. The predicted molar refractivity (Wildman–Crippen MR) is 150 cm³/mol. The highest BCUT2D eigenvalue weighted by Gasteiger charge is 2.34. The average molecular weight is 532 g/mol. The molecule has 11 heteroatoms. The molecule has 0 saturated carbocycles. The van der Waals surface area contributed by atoms with Gasteiger partial charge in [-0.25, -0.2) is 19.9 Å². The lowest BCUT2D eigenvalue weighted by atomic mass is 10.0. The zero-order chi connectivity index (χ0) is 27.8. The topological polar surface area (TPSA) is 149 Å². The molecule has 0 aliphatic carbocycles. The van der Waals surface area contributed by atoms with E-state index in [4.69, 9.17) is 15.5 Å². The van der Waals surface area contributed by atoms with Crippen LogP contribution in [0.2, 0.25) is 0 Å². The third-order valence-electron chi connectivity index (χ3n) is 7.08. The third kappa shape index (κ3) is 4.16. The van der Waals surface area contributed by atoms with Gasteiger partial charge in [-0.15, -0.1) is 0 Å². The highest BCUT2D eigenvalue weighted by molar-refractivity contribution is 5.94. The minimum Gasteiger partial charge on any atom is -0.467 e. The van der Waals surface area contributed by atoms with Crippen molar-refractivity contribution in [3.63, 3.8) is 0 Å². The van der Waals surface area contributed by atoms with Gasteiger partial charge in [0.1, 0.15) is 17.5 Å². The summed E-state index contributed by atoms with van der Waals surface area (Å²) in [6, 6.07) is 17.1. The summed E-state index contributed by atoms with van der Waals surface area (Å²) in [5.74, 6) is 1.10. The summed E-state index contributed by atoms with van der Waals surface area (Å²) in [5, 5.41) is 10.4. The number of rotatable bonds is 5. The summed E-state index contributed by atoms with van der Waals surface area (Å²) >= 11 is 0. The fourth-order valence-corrected chi connectivity index (χ4v) is 5.31. The smallest absolute Gasteiger partial charge is 0.316 e. The van der Waals surface area contributed by atoms with Crippen molar-refractivity contribution in [2.45, 2.75) is 25.8 Å². The number of para-hydroxylation sites is 1. The first-order chi connectivity index (χ1) is 19.5. The Labute approximate surface area is 229 Å². The number of benzene rings is 2. The van der Waals surface area contributed by atoms with Crippen LogP contribution in [0.3, 0.4) is 0 Å². The minimum atomic E-state index is -0.328. The molecule has 3 aromatic heterocycles. The second kappa shape index (κ2) is 10.1. The normalized spacial score (nSPS) is 14.8. The van der Waals surface area contributed by atoms with Crippen LogP contribution in [0.15, 0.2) is 65.7 Å². The van der Waals surface area contributed by atoms with E-state index in [2.05, 4.69) is 26.0 Å². The number of ether oxygens (including phenoxy) is 1. The monoisotopic (exact) mass is 531 g/mol. The van der Waals surface area contributed by atoms with Crippen LogP contribution in [-0.2, 0) is 0 Å². The van der Waals surface area contributed by atoms with Crippen molar-refractivity contribution < 1.29 is 4.74 Å². The summed E-state index contributed by atoms with van der Waals surface area (Å²) in [7, 11) is 1.50. The second-order valence-corrected chi connectivity index (χ2v) is 9.43. The molecule has 0 bridgehead atoms. The zero-order valence-corrected chi connectivity index (χ0v) is 21.9. The number of aryl methyl sites for hydroxylation is 1. The van der Waals surface area contributed by atoms with Crippen LogP contribution in [0.5, 0.6) is 6.01 Å². The van der Waals surface area contributed by atoms with Gasteiger partial charge < -0.3 is 15.4 Å². The Bertz CT molecular complexity index is 1830. The van der Waals surface area contributed by atoms with Crippen molar-refractivity contribution in [1.29, 1.82) is 5.26 Å². The highest BCUT2D eigenvalue weighted by atomic mass is 16.5. The van der Waals surface area contributed by atoms with E-state index in [1.165, 1.54) is 7.11 Å². The molecule has 2 aromatic carbocycles. The molecule has 11 nitrogen and oxygen atoms in total. The molecule has 1 aliphatic heterocycles. The molecule has 2 N–H and O–H groups in total. The Balaban J connectivity index is 1.61. The maximum atomic E-state index is 14.4. The molecule has 0 unspecified atom stereocenters. The maximum absolute atomic E-state index is 14.4. The van der Waals surface area contributed by atoms with Gasteiger partial charge in [0.15, 0.2) is 5.82 Å². The summed E-state index contributed by atoms with van der Waals surface area (Å²) in [6.45, 7) is 2.37. The second-order valence-electron chi connectivity index (χ2n) is 9.43. The zero-order valence-electron chi connectivity index (χ0n) is 21.9. The molecule has 0 amide bonds. The first-order valence-corrected chi connectivity index (χ1v) is 12.8.